The summed E-state index contributed by atoms with van der Waals surface area (Å²) in [6.45, 7) is 0.423. The minimum atomic E-state index is -0.355. The molecule has 0 radical (unpaired) electrons. The molecule has 0 saturated carbocycles. The van der Waals surface area contributed by atoms with Crippen LogP contribution in [0.1, 0.15) is 5.56 Å². The zero-order chi connectivity index (χ0) is 20.1. The third-order valence-corrected chi connectivity index (χ3v) is 4.31. The largest absolute Gasteiger partial charge is 0.497 e. The molecule has 144 valence electrons. The van der Waals surface area contributed by atoms with Crippen molar-refractivity contribution in [2.45, 2.75) is 6.54 Å². The molecule has 0 aliphatic carbocycles. The maximum atomic E-state index is 12.2. The van der Waals surface area contributed by atoms with Gasteiger partial charge in [-0.3, -0.25) is 5.32 Å². The van der Waals surface area contributed by atoms with Crippen molar-refractivity contribution in [1.29, 1.82) is 0 Å². The van der Waals surface area contributed by atoms with E-state index >= 15 is 0 Å². The van der Waals surface area contributed by atoms with Gasteiger partial charge in [-0.05, 0) is 29.8 Å². The number of ether oxygens (including phenoxy) is 1. The first-order valence-corrected chi connectivity index (χ1v) is 9.08. The van der Waals surface area contributed by atoms with Crippen LogP contribution in [0.4, 0.5) is 10.6 Å². The number of carbonyl (C=O) groups is 1. The predicted octanol–water partition coefficient (Wildman–Crippen LogP) is 4.02. The number of benzene rings is 2. The van der Waals surface area contributed by atoms with Crippen molar-refractivity contribution in [2.75, 3.05) is 12.4 Å². The highest BCUT2D eigenvalue weighted by Crippen LogP contribution is 2.23. The fourth-order valence-corrected chi connectivity index (χ4v) is 2.84. The maximum Gasteiger partial charge on any atom is 0.320 e. The average Bonchev–Trinajstić information content (AvgIpc) is 2.78. The molecule has 29 heavy (non-hydrogen) atoms. The Bertz CT molecular complexity index is 1150. The fraction of sp³-hybridized carbons (Fsp3) is 0.0909. The summed E-state index contributed by atoms with van der Waals surface area (Å²) in [6, 6.07) is 20.7. The molecule has 0 atom stereocenters. The van der Waals surface area contributed by atoms with Crippen molar-refractivity contribution in [2.24, 2.45) is 0 Å². The smallest absolute Gasteiger partial charge is 0.320 e. The van der Waals surface area contributed by atoms with E-state index in [-0.39, 0.29) is 6.03 Å². The Hall–Kier alpha value is -4.00. The molecular formula is C22H19N5O2. The third-order valence-electron chi connectivity index (χ3n) is 4.31. The van der Waals surface area contributed by atoms with Gasteiger partial charge in [-0.1, -0.05) is 42.5 Å². The van der Waals surface area contributed by atoms with Crippen molar-refractivity contribution < 1.29 is 9.53 Å². The van der Waals surface area contributed by atoms with E-state index in [1.165, 1.54) is 6.20 Å². The van der Waals surface area contributed by atoms with Crippen LogP contribution in [0, 0.1) is 0 Å². The monoisotopic (exact) mass is 385 g/mol. The molecule has 0 unspecified atom stereocenters. The normalized spacial score (nSPS) is 10.5. The van der Waals surface area contributed by atoms with Gasteiger partial charge in [0.2, 0.25) is 0 Å². The van der Waals surface area contributed by atoms with Crippen molar-refractivity contribution in [3.8, 4) is 17.0 Å². The van der Waals surface area contributed by atoms with E-state index in [9.17, 15) is 4.79 Å². The first-order chi connectivity index (χ1) is 14.2. The molecule has 4 rings (SSSR count). The van der Waals surface area contributed by atoms with Crippen molar-refractivity contribution in [3.05, 3.63) is 78.5 Å². The molecule has 2 aromatic carbocycles. The standard InChI is InChI=1S/C22H19N5O2/c1-29-17-9-5-8-16(12-17)18-10-11-19-21(25-18)26-20(14-23-19)27-22(28)24-13-15-6-3-2-4-7-15/h2-12,14H,13H2,1H3,(H2,24,25,26,27,28). The number of methoxy groups -OCH3 is 1. The number of urea groups is 1. The maximum absolute atomic E-state index is 12.2. The summed E-state index contributed by atoms with van der Waals surface area (Å²) in [4.78, 5) is 25.5. The van der Waals surface area contributed by atoms with E-state index in [0.29, 0.717) is 23.5 Å². The number of rotatable bonds is 5. The van der Waals surface area contributed by atoms with E-state index in [4.69, 9.17) is 4.74 Å². The third kappa shape index (κ3) is 4.47. The molecule has 2 heterocycles. The Labute approximate surface area is 167 Å². The van der Waals surface area contributed by atoms with Gasteiger partial charge in [-0.15, -0.1) is 0 Å². The second-order valence-electron chi connectivity index (χ2n) is 6.32. The Kier molecular flexibility index (Phi) is 5.29. The molecule has 2 amide bonds. The Morgan fingerprint density at radius 1 is 1.00 bits per heavy atom. The summed E-state index contributed by atoms with van der Waals surface area (Å²) in [7, 11) is 1.62. The van der Waals surface area contributed by atoms with Gasteiger partial charge in [-0.2, -0.15) is 0 Å². The molecule has 0 fully saturated rings. The Balaban J connectivity index is 1.51. The van der Waals surface area contributed by atoms with Crippen molar-refractivity contribution >= 4 is 23.0 Å². The van der Waals surface area contributed by atoms with Crippen LogP contribution in [-0.2, 0) is 6.54 Å². The summed E-state index contributed by atoms with van der Waals surface area (Å²) in [6.07, 6.45) is 1.51. The van der Waals surface area contributed by atoms with Gasteiger partial charge in [0.25, 0.3) is 0 Å². The Morgan fingerprint density at radius 3 is 2.69 bits per heavy atom. The number of nitrogens with zero attached hydrogens (tertiary/aromatic N) is 3. The lowest BCUT2D eigenvalue weighted by Gasteiger charge is -2.08. The summed E-state index contributed by atoms with van der Waals surface area (Å²) < 4.78 is 5.27. The number of pyridine rings is 1. The molecule has 0 bridgehead atoms. The van der Waals surface area contributed by atoms with Gasteiger partial charge in [0, 0.05) is 12.1 Å². The summed E-state index contributed by atoms with van der Waals surface area (Å²) >= 11 is 0. The first kappa shape index (κ1) is 18.4. The Morgan fingerprint density at radius 2 is 1.86 bits per heavy atom. The lowest BCUT2D eigenvalue weighted by molar-refractivity contribution is 0.251. The van der Waals surface area contributed by atoms with E-state index < -0.39 is 0 Å². The van der Waals surface area contributed by atoms with Crippen LogP contribution >= 0.6 is 0 Å². The van der Waals surface area contributed by atoms with E-state index in [1.54, 1.807) is 7.11 Å². The van der Waals surface area contributed by atoms with Gasteiger partial charge in [-0.25, -0.2) is 19.7 Å². The molecule has 0 spiro atoms. The summed E-state index contributed by atoms with van der Waals surface area (Å²) in [5.74, 6) is 1.08. The van der Waals surface area contributed by atoms with Crippen LogP contribution in [0.3, 0.4) is 0 Å². The highest BCUT2D eigenvalue weighted by molar-refractivity contribution is 5.89. The highest BCUT2D eigenvalue weighted by atomic mass is 16.5. The number of aromatic nitrogens is 3. The number of nitrogens with one attached hydrogen (secondary N) is 2. The minimum Gasteiger partial charge on any atom is -0.497 e. The second-order valence-corrected chi connectivity index (χ2v) is 6.32. The molecule has 0 aliphatic heterocycles. The van der Waals surface area contributed by atoms with Crippen LogP contribution < -0.4 is 15.4 Å². The molecule has 0 aliphatic rings. The molecular weight excluding hydrogens is 366 g/mol. The number of hydrogen-bond donors (Lipinski definition) is 2. The van der Waals surface area contributed by atoms with E-state index in [1.807, 2.05) is 66.7 Å². The average molecular weight is 385 g/mol. The summed E-state index contributed by atoms with van der Waals surface area (Å²) in [5, 5.41) is 5.49. The van der Waals surface area contributed by atoms with E-state index in [0.717, 1.165) is 22.6 Å². The van der Waals surface area contributed by atoms with E-state index in [2.05, 4.69) is 25.6 Å². The van der Waals surface area contributed by atoms with Crippen LogP contribution in [0.25, 0.3) is 22.4 Å². The quantitative estimate of drug-likeness (QED) is 0.542. The SMILES string of the molecule is COc1cccc(-c2ccc3ncc(NC(=O)NCc4ccccc4)nc3n2)c1. The van der Waals surface area contributed by atoms with Gasteiger partial charge in [0.05, 0.1) is 19.0 Å². The lowest BCUT2D eigenvalue weighted by atomic mass is 10.1. The highest BCUT2D eigenvalue weighted by Gasteiger charge is 2.08. The first-order valence-electron chi connectivity index (χ1n) is 9.08. The van der Waals surface area contributed by atoms with Gasteiger partial charge in [0.1, 0.15) is 11.3 Å². The summed E-state index contributed by atoms with van der Waals surface area (Å²) in [5.41, 5.74) is 3.76. The number of anilines is 1. The molecule has 2 aromatic heterocycles. The van der Waals surface area contributed by atoms with Gasteiger partial charge < -0.3 is 10.1 Å². The number of hydrogen-bond acceptors (Lipinski definition) is 5. The molecule has 7 nitrogen and oxygen atoms in total. The minimum absolute atomic E-state index is 0.332. The fourth-order valence-electron chi connectivity index (χ4n) is 2.84. The number of amides is 2. The van der Waals surface area contributed by atoms with Crippen LogP contribution in [0.2, 0.25) is 0 Å². The number of fused-ring (bicyclic) bond motifs is 1. The van der Waals surface area contributed by atoms with Gasteiger partial charge in [0.15, 0.2) is 11.5 Å². The number of carbonyl (C=O) groups excluding carboxylic acids is 1. The van der Waals surface area contributed by atoms with Crippen molar-refractivity contribution in [3.63, 3.8) is 0 Å². The molecule has 2 N–H and O–H groups in total. The van der Waals surface area contributed by atoms with Gasteiger partial charge >= 0.3 is 6.03 Å². The zero-order valence-corrected chi connectivity index (χ0v) is 15.8. The predicted molar refractivity (Wildman–Crippen MR) is 112 cm³/mol. The molecule has 0 saturated heterocycles. The lowest BCUT2D eigenvalue weighted by Crippen LogP contribution is -2.28. The zero-order valence-electron chi connectivity index (χ0n) is 15.8. The second kappa shape index (κ2) is 8.35. The topological polar surface area (TPSA) is 89.0 Å². The molecule has 7 heteroatoms. The molecule has 4 aromatic rings. The van der Waals surface area contributed by atoms with Crippen LogP contribution in [0.15, 0.2) is 72.9 Å². The van der Waals surface area contributed by atoms with Crippen LogP contribution in [0.5, 0.6) is 5.75 Å². The van der Waals surface area contributed by atoms with Crippen LogP contribution in [-0.4, -0.2) is 28.1 Å². The van der Waals surface area contributed by atoms with Crippen molar-refractivity contribution in [1.82, 2.24) is 20.3 Å².